The summed E-state index contributed by atoms with van der Waals surface area (Å²) in [5.74, 6) is -0.285. The van der Waals surface area contributed by atoms with E-state index in [1.807, 2.05) is 108 Å². The van der Waals surface area contributed by atoms with Gasteiger partial charge < -0.3 is 54.4 Å². The average molecular weight is 1110 g/mol. The Morgan fingerprint density at radius 2 is 1.61 bits per heavy atom. The van der Waals surface area contributed by atoms with Crippen LogP contribution in [-0.4, -0.2) is 125 Å². The van der Waals surface area contributed by atoms with Crippen LogP contribution in [0.15, 0.2) is 95.2 Å². The minimum Gasteiger partial charge on any atom is -0.491 e. The molecule has 4 N–H and O–H groups in total. The van der Waals surface area contributed by atoms with Crippen LogP contribution in [0, 0.1) is 33.6 Å². The van der Waals surface area contributed by atoms with Crippen molar-refractivity contribution in [2.75, 3.05) is 57.6 Å². The van der Waals surface area contributed by atoms with Gasteiger partial charge in [0, 0.05) is 92.0 Å². The number of nitrogens with zero attached hydrogens (tertiary/aromatic N) is 4. The molecule has 0 spiro atoms. The summed E-state index contributed by atoms with van der Waals surface area (Å²) >= 11 is 1.52. The molecule has 2 aromatic heterocycles. The Kier molecular flexibility index (Phi) is 18.5. The molecule has 2 saturated heterocycles. The first kappa shape index (κ1) is 57.3. The van der Waals surface area contributed by atoms with Crippen LogP contribution in [0.25, 0.3) is 21.6 Å². The zero-order valence-corrected chi connectivity index (χ0v) is 47.6. The van der Waals surface area contributed by atoms with Crippen LogP contribution in [0.4, 0.5) is 5.69 Å². The molecule has 80 heavy (non-hydrogen) atoms. The number of fused-ring (bicyclic) bond motifs is 1. The third-order valence-electron chi connectivity index (χ3n) is 15.5. The summed E-state index contributed by atoms with van der Waals surface area (Å²) in [7, 11) is 0. The number of hydrogen-bond acceptors (Lipinski definition) is 13. The van der Waals surface area contributed by atoms with Crippen LogP contribution >= 0.6 is 11.3 Å². The highest BCUT2D eigenvalue weighted by Crippen LogP contribution is 2.36. The second kappa shape index (κ2) is 25.8. The van der Waals surface area contributed by atoms with Gasteiger partial charge in [0.05, 0.1) is 35.4 Å². The van der Waals surface area contributed by atoms with Gasteiger partial charge in [-0.3, -0.25) is 24.0 Å². The maximum atomic E-state index is 14.3. The topological polar surface area (TPSA) is 205 Å². The number of nitrogens with one attached hydrogen (secondary N) is 3. The van der Waals surface area contributed by atoms with E-state index in [2.05, 4.69) is 38.5 Å². The molecule has 2 fully saturated rings. The Labute approximate surface area is 471 Å². The minimum absolute atomic E-state index is 0.0138. The van der Waals surface area contributed by atoms with Gasteiger partial charge in [0.2, 0.25) is 11.8 Å². The molecule has 4 amide bonds. The second-order valence-electron chi connectivity index (χ2n) is 21.2. The van der Waals surface area contributed by atoms with Gasteiger partial charge in [-0.15, -0.1) is 11.3 Å². The molecule has 6 aromatic rings. The van der Waals surface area contributed by atoms with Crippen molar-refractivity contribution in [3.63, 3.8) is 0 Å². The summed E-state index contributed by atoms with van der Waals surface area (Å²) < 4.78 is 24.1. The van der Waals surface area contributed by atoms with E-state index in [9.17, 15) is 29.1 Å². The predicted molar refractivity (Wildman–Crippen MR) is 308 cm³/mol. The Bertz CT molecular complexity index is 3260. The van der Waals surface area contributed by atoms with Gasteiger partial charge in [0.25, 0.3) is 17.4 Å². The molecule has 0 bridgehead atoms. The lowest BCUT2D eigenvalue weighted by Crippen LogP contribution is -2.55. The lowest BCUT2D eigenvalue weighted by atomic mass is 9.95. The zero-order valence-electron chi connectivity index (χ0n) is 46.8. The van der Waals surface area contributed by atoms with Gasteiger partial charge in [0.1, 0.15) is 36.8 Å². The number of likely N-dealkylation sites (tertiary alicyclic amines) is 1. The number of hydrogen-bond donors (Lipinski definition) is 4. The summed E-state index contributed by atoms with van der Waals surface area (Å²) in [6.07, 6.45) is 0.959. The Hall–Kier alpha value is -7.38. The summed E-state index contributed by atoms with van der Waals surface area (Å²) in [6.45, 7) is 17.2. The molecular weight excluding hydrogens is 1030 g/mol. The van der Waals surface area contributed by atoms with Crippen LogP contribution in [0.2, 0.25) is 0 Å². The third-order valence-corrected chi connectivity index (χ3v) is 16.4. The fraction of sp³-hybridized carbons (Fsp3) is 0.419. The Morgan fingerprint density at radius 3 is 2.31 bits per heavy atom. The number of H-pyrrole nitrogens is 1. The highest BCUT2D eigenvalue weighted by Gasteiger charge is 2.46. The molecule has 3 atom stereocenters. The number of aliphatic hydroxyl groups is 1. The maximum absolute atomic E-state index is 14.3. The molecule has 0 radical (unpaired) electrons. The molecule has 3 aliphatic heterocycles. The number of carbonyl (C=O) groups excluding carboxylic acids is 4. The SMILES string of the molecule is CCN(c1cc(-c2ccc(OCCOCCOc3cc(-c4scnc4C)ccc3CNC(=O)[C@@H]3C[C@@H](O)CN3C(=O)[C@H](C(C)C)N3Cc4ccccc4C3=O)cc2)cc(C(=O)NCc2c(C)cc(C)[nH]c2=O)c1C)C1CCOCC1. The first-order valence-electron chi connectivity index (χ1n) is 27.7. The van der Waals surface area contributed by atoms with Crippen molar-refractivity contribution in [3.05, 3.63) is 151 Å². The number of amides is 4. The van der Waals surface area contributed by atoms with Crippen LogP contribution in [0.5, 0.6) is 11.5 Å². The Balaban J connectivity index is 0.810. The lowest BCUT2D eigenvalue weighted by Gasteiger charge is -2.37. The van der Waals surface area contributed by atoms with Crippen molar-refractivity contribution in [2.24, 2.45) is 5.92 Å². The van der Waals surface area contributed by atoms with E-state index in [-0.39, 0.29) is 81.1 Å². The number of ether oxygens (including phenoxy) is 4. The predicted octanol–water partition coefficient (Wildman–Crippen LogP) is 8.07. The molecule has 9 rings (SSSR count). The lowest BCUT2D eigenvalue weighted by molar-refractivity contribution is -0.143. The highest BCUT2D eigenvalue weighted by molar-refractivity contribution is 7.13. The number of rotatable bonds is 22. The summed E-state index contributed by atoms with van der Waals surface area (Å²) in [6, 6.07) is 25.4. The number of anilines is 1. The number of thiazole rings is 1. The van der Waals surface area contributed by atoms with Gasteiger partial charge in [-0.2, -0.15) is 0 Å². The number of aryl methyl sites for hydroxylation is 3. The van der Waals surface area contributed by atoms with Crippen molar-refractivity contribution >= 4 is 40.7 Å². The van der Waals surface area contributed by atoms with Crippen molar-refractivity contribution in [1.82, 2.24) is 30.4 Å². The fourth-order valence-corrected chi connectivity index (χ4v) is 12.1. The second-order valence-corrected chi connectivity index (χ2v) is 22.1. The highest BCUT2D eigenvalue weighted by atomic mass is 32.1. The molecule has 17 nitrogen and oxygen atoms in total. The molecule has 0 saturated carbocycles. The number of aliphatic hydroxyl groups excluding tert-OH is 1. The van der Waals surface area contributed by atoms with Gasteiger partial charge in [-0.25, -0.2) is 4.98 Å². The molecule has 0 aliphatic carbocycles. The molecule has 4 aromatic carbocycles. The van der Waals surface area contributed by atoms with Crippen molar-refractivity contribution < 1.29 is 43.2 Å². The smallest absolute Gasteiger partial charge is 0.255 e. The van der Waals surface area contributed by atoms with Crippen molar-refractivity contribution in [2.45, 2.75) is 112 Å². The monoisotopic (exact) mass is 1110 g/mol. The molecule has 3 aliphatic rings. The summed E-state index contributed by atoms with van der Waals surface area (Å²) in [5.41, 5.74) is 11.8. The normalized spacial score (nSPS) is 16.7. The minimum atomic E-state index is -0.931. The quantitative estimate of drug-likeness (QED) is 0.0477. The van der Waals surface area contributed by atoms with Crippen LogP contribution < -0.4 is 30.6 Å². The maximum Gasteiger partial charge on any atom is 0.255 e. The number of benzene rings is 4. The number of β-amino-alcohol motifs (C(OH)–C–C–N with tert-alkyl or cyclic N) is 1. The van der Waals surface area contributed by atoms with E-state index >= 15 is 0 Å². The van der Waals surface area contributed by atoms with Crippen LogP contribution in [-0.2, 0) is 38.7 Å². The molecule has 422 valence electrons. The molecule has 0 unspecified atom stereocenters. The van der Waals surface area contributed by atoms with E-state index < -0.39 is 24.1 Å². The number of aromatic nitrogens is 2. The summed E-state index contributed by atoms with van der Waals surface area (Å²) in [4.78, 5) is 82.4. The van der Waals surface area contributed by atoms with Crippen molar-refractivity contribution in [3.8, 4) is 33.1 Å². The summed E-state index contributed by atoms with van der Waals surface area (Å²) in [5, 5.41) is 16.9. The van der Waals surface area contributed by atoms with Gasteiger partial charge in [-0.1, -0.05) is 56.3 Å². The zero-order chi connectivity index (χ0) is 56.6. The van der Waals surface area contributed by atoms with Gasteiger partial charge in [-0.05, 0) is 129 Å². The molecule has 18 heteroatoms. The first-order valence-corrected chi connectivity index (χ1v) is 28.6. The van der Waals surface area contributed by atoms with E-state index in [0.717, 1.165) is 74.7 Å². The van der Waals surface area contributed by atoms with E-state index in [1.165, 1.54) is 16.2 Å². The van der Waals surface area contributed by atoms with Crippen molar-refractivity contribution in [1.29, 1.82) is 0 Å². The van der Waals surface area contributed by atoms with Gasteiger partial charge in [0.15, 0.2) is 0 Å². The number of carbonyl (C=O) groups is 4. The van der Waals surface area contributed by atoms with E-state index in [1.54, 1.807) is 22.5 Å². The number of aromatic amines is 1. The van der Waals surface area contributed by atoms with E-state index in [0.29, 0.717) is 60.1 Å². The molecular formula is C62H73N7O10S. The fourth-order valence-electron chi connectivity index (χ4n) is 11.3. The largest absolute Gasteiger partial charge is 0.491 e. The Morgan fingerprint density at radius 1 is 0.875 bits per heavy atom. The van der Waals surface area contributed by atoms with Crippen LogP contribution in [0.3, 0.4) is 0 Å². The average Bonchev–Trinajstić information content (AvgIpc) is 4.17. The van der Waals surface area contributed by atoms with E-state index in [4.69, 9.17) is 18.9 Å². The standard InChI is InChI=1S/C62H73N7O10S/c1-8-67(47-19-21-76-22-20-47)53-29-46(28-51(40(53)6)58(71)64-33-52-38(4)27-39(5)66-59(52)72)42-15-17-49(18-16-42)78-25-23-77-24-26-79-55-30-43(57-41(7)65-36-80-57)13-14-44(55)32-63-60(73)54-31-48(70)35-68(54)62(75)56(37(2)3)69-34-45-11-9-10-12-50(45)61(69)74/h9-18,27-30,36-37,47-48,54,56,70H,8,19-26,31-35H2,1-7H3,(H,63,73)(H,64,71)(H,66,72)/t48-,54+,56+/m1/s1. The third kappa shape index (κ3) is 12.9. The molecule has 5 heterocycles. The number of pyridine rings is 1. The van der Waals surface area contributed by atoms with Gasteiger partial charge >= 0.3 is 0 Å². The first-order chi connectivity index (χ1) is 38.6. The van der Waals surface area contributed by atoms with Crippen LogP contribution in [0.1, 0.15) is 100.0 Å².